The number of methoxy groups -OCH3 is 1. The number of hydrogen-bond donors (Lipinski definition) is 2. The number of nitrogens with one attached hydrogen (secondary N) is 2. The van der Waals surface area contributed by atoms with Gasteiger partial charge in [-0.1, -0.05) is 6.07 Å². The van der Waals surface area contributed by atoms with Crippen molar-refractivity contribution >= 4 is 17.4 Å². The predicted octanol–water partition coefficient (Wildman–Crippen LogP) is 4.36. The molecular weight excluding hydrogens is 297 g/mol. The van der Waals surface area contributed by atoms with E-state index in [1.54, 1.807) is 24.3 Å². The van der Waals surface area contributed by atoms with E-state index in [2.05, 4.69) is 10.6 Å². The Morgan fingerprint density at radius 3 is 2.23 bits per heavy atom. The summed E-state index contributed by atoms with van der Waals surface area (Å²) in [6.07, 6.45) is -4.40. The van der Waals surface area contributed by atoms with Crippen LogP contribution in [0.4, 0.5) is 29.3 Å². The summed E-state index contributed by atoms with van der Waals surface area (Å²) < 4.78 is 42.3. The van der Waals surface area contributed by atoms with Crippen molar-refractivity contribution in [3.63, 3.8) is 0 Å². The molecule has 2 aromatic carbocycles. The number of amides is 2. The summed E-state index contributed by atoms with van der Waals surface area (Å²) in [5, 5.41) is 5.01. The molecule has 2 amide bonds. The average molecular weight is 310 g/mol. The average Bonchev–Trinajstić information content (AvgIpc) is 2.47. The van der Waals surface area contributed by atoms with Gasteiger partial charge in [0.1, 0.15) is 5.75 Å². The van der Waals surface area contributed by atoms with E-state index in [1.807, 2.05) is 0 Å². The minimum Gasteiger partial charge on any atom is -0.497 e. The lowest BCUT2D eigenvalue weighted by atomic mass is 10.2. The fourth-order valence-corrected chi connectivity index (χ4v) is 1.74. The molecule has 0 saturated carbocycles. The summed E-state index contributed by atoms with van der Waals surface area (Å²) in [4.78, 5) is 11.8. The van der Waals surface area contributed by atoms with E-state index < -0.39 is 17.8 Å². The molecule has 0 heterocycles. The topological polar surface area (TPSA) is 50.4 Å². The van der Waals surface area contributed by atoms with Crippen LogP contribution in [-0.2, 0) is 6.18 Å². The minimum atomic E-state index is -4.40. The first-order chi connectivity index (χ1) is 10.4. The Labute approximate surface area is 124 Å². The van der Waals surface area contributed by atoms with Crippen molar-refractivity contribution in [3.05, 3.63) is 54.1 Å². The van der Waals surface area contributed by atoms with Gasteiger partial charge in [-0.2, -0.15) is 13.2 Å². The molecule has 0 fully saturated rings. The first kappa shape index (κ1) is 15.7. The molecule has 0 spiro atoms. The Bertz CT molecular complexity index is 655. The molecule has 0 aromatic heterocycles. The molecule has 0 radical (unpaired) electrons. The zero-order valence-electron chi connectivity index (χ0n) is 11.6. The van der Waals surface area contributed by atoms with Gasteiger partial charge in [0.25, 0.3) is 0 Å². The molecule has 2 rings (SSSR count). The maximum Gasteiger partial charge on any atom is 0.416 e. The fourth-order valence-electron chi connectivity index (χ4n) is 1.74. The van der Waals surface area contributed by atoms with Crippen LogP contribution >= 0.6 is 0 Å². The number of carbonyl (C=O) groups excluding carboxylic acids is 1. The van der Waals surface area contributed by atoms with Gasteiger partial charge in [0, 0.05) is 17.4 Å². The zero-order chi connectivity index (χ0) is 16.2. The van der Waals surface area contributed by atoms with E-state index >= 15 is 0 Å². The molecule has 0 unspecified atom stereocenters. The number of alkyl halides is 3. The van der Waals surface area contributed by atoms with Gasteiger partial charge in [0.15, 0.2) is 0 Å². The van der Waals surface area contributed by atoms with Gasteiger partial charge in [0.05, 0.1) is 12.7 Å². The maximum absolute atomic E-state index is 12.4. The SMILES string of the molecule is COc1cccc(NC(=O)Nc2ccc(C(F)(F)F)cc2)c1. The van der Waals surface area contributed by atoms with Crippen molar-refractivity contribution in [2.75, 3.05) is 17.7 Å². The largest absolute Gasteiger partial charge is 0.497 e. The Hall–Kier alpha value is -2.70. The molecule has 4 nitrogen and oxygen atoms in total. The molecule has 116 valence electrons. The first-order valence-electron chi connectivity index (χ1n) is 6.28. The van der Waals surface area contributed by atoms with Crippen molar-refractivity contribution in [1.29, 1.82) is 0 Å². The predicted molar refractivity (Wildman–Crippen MR) is 77.1 cm³/mol. The molecule has 0 saturated heterocycles. The molecule has 2 aromatic rings. The van der Waals surface area contributed by atoms with Crippen LogP contribution in [-0.4, -0.2) is 13.1 Å². The van der Waals surface area contributed by atoms with Crippen LogP contribution in [0.5, 0.6) is 5.75 Å². The number of urea groups is 1. The number of halogens is 3. The van der Waals surface area contributed by atoms with E-state index in [0.29, 0.717) is 11.4 Å². The van der Waals surface area contributed by atoms with Crippen molar-refractivity contribution in [2.45, 2.75) is 6.18 Å². The van der Waals surface area contributed by atoms with Gasteiger partial charge in [-0.3, -0.25) is 0 Å². The van der Waals surface area contributed by atoms with E-state index in [-0.39, 0.29) is 5.69 Å². The Balaban J connectivity index is 1.99. The Kier molecular flexibility index (Phi) is 4.55. The molecule has 0 aliphatic rings. The van der Waals surface area contributed by atoms with Crippen LogP contribution in [0.1, 0.15) is 5.56 Å². The first-order valence-corrected chi connectivity index (χ1v) is 6.28. The maximum atomic E-state index is 12.4. The molecule has 0 aliphatic heterocycles. The van der Waals surface area contributed by atoms with Crippen molar-refractivity contribution in [2.24, 2.45) is 0 Å². The molecule has 2 N–H and O–H groups in total. The lowest BCUT2D eigenvalue weighted by Crippen LogP contribution is -2.19. The second-order valence-electron chi connectivity index (χ2n) is 4.39. The highest BCUT2D eigenvalue weighted by Crippen LogP contribution is 2.29. The van der Waals surface area contributed by atoms with Gasteiger partial charge in [-0.15, -0.1) is 0 Å². The van der Waals surface area contributed by atoms with E-state index in [0.717, 1.165) is 12.1 Å². The molecular formula is C15H13F3N2O2. The third-order valence-electron chi connectivity index (χ3n) is 2.80. The molecule has 7 heteroatoms. The van der Waals surface area contributed by atoms with Crippen molar-refractivity contribution < 1.29 is 22.7 Å². The van der Waals surface area contributed by atoms with Gasteiger partial charge in [-0.25, -0.2) is 4.79 Å². The van der Waals surface area contributed by atoms with E-state index in [1.165, 1.54) is 19.2 Å². The van der Waals surface area contributed by atoms with Gasteiger partial charge >= 0.3 is 12.2 Å². The van der Waals surface area contributed by atoms with Crippen LogP contribution in [0.25, 0.3) is 0 Å². The third kappa shape index (κ3) is 4.15. The van der Waals surface area contributed by atoms with E-state index in [4.69, 9.17) is 4.74 Å². The lowest BCUT2D eigenvalue weighted by Gasteiger charge is -2.10. The summed E-state index contributed by atoms with van der Waals surface area (Å²) in [5.74, 6) is 0.576. The number of ether oxygens (including phenoxy) is 1. The lowest BCUT2D eigenvalue weighted by molar-refractivity contribution is -0.137. The second-order valence-corrected chi connectivity index (χ2v) is 4.39. The van der Waals surface area contributed by atoms with Gasteiger partial charge in [-0.05, 0) is 36.4 Å². The molecule has 0 atom stereocenters. The van der Waals surface area contributed by atoms with Crippen LogP contribution in [0.3, 0.4) is 0 Å². The van der Waals surface area contributed by atoms with Crippen molar-refractivity contribution in [3.8, 4) is 5.75 Å². The summed E-state index contributed by atoms with van der Waals surface area (Å²) >= 11 is 0. The van der Waals surface area contributed by atoms with Crippen LogP contribution in [0.15, 0.2) is 48.5 Å². The molecule has 22 heavy (non-hydrogen) atoms. The van der Waals surface area contributed by atoms with E-state index in [9.17, 15) is 18.0 Å². The molecule has 0 aliphatic carbocycles. The fraction of sp³-hybridized carbons (Fsp3) is 0.133. The van der Waals surface area contributed by atoms with Crippen LogP contribution in [0, 0.1) is 0 Å². The van der Waals surface area contributed by atoms with Crippen LogP contribution in [0.2, 0.25) is 0 Å². The second kappa shape index (κ2) is 6.38. The smallest absolute Gasteiger partial charge is 0.416 e. The number of rotatable bonds is 3. The van der Waals surface area contributed by atoms with Gasteiger partial charge in [0.2, 0.25) is 0 Å². The third-order valence-corrected chi connectivity index (χ3v) is 2.80. The Morgan fingerprint density at radius 1 is 1.00 bits per heavy atom. The highest BCUT2D eigenvalue weighted by molar-refractivity contribution is 5.99. The highest BCUT2D eigenvalue weighted by Gasteiger charge is 2.29. The summed E-state index contributed by atoms with van der Waals surface area (Å²) in [5.41, 5.74) is -0.0107. The summed E-state index contributed by atoms with van der Waals surface area (Å²) in [6, 6.07) is 10.3. The summed E-state index contributed by atoms with van der Waals surface area (Å²) in [7, 11) is 1.50. The monoisotopic (exact) mass is 310 g/mol. The Morgan fingerprint density at radius 2 is 1.64 bits per heavy atom. The minimum absolute atomic E-state index is 0.258. The van der Waals surface area contributed by atoms with Crippen molar-refractivity contribution in [1.82, 2.24) is 0 Å². The quantitative estimate of drug-likeness (QED) is 0.885. The highest BCUT2D eigenvalue weighted by atomic mass is 19.4. The number of hydrogen-bond acceptors (Lipinski definition) is 2. The number of anilines is 2. The number of benzene rings is 2. The standard InChI is InChI=1S/C15H13F3N2O2/c1-22-13-4-2-3-12(9-13)20-14(21)19-11-7-5-10(6-8-11)15(16,17)18/h2-9H,1H3,(H2,19,20,21). The normalized spacial score (nSPS) is 10.9. The molecule has 0 bridgehead atoms. The van der Waals surface area contributed by atoms with Gasteiger partial charge < -0.3 is 15.4 Å². The number of carbonyl (C=O) groups is 1. The zero-order valence-corrected chi connectivity index (χ0v) is 11.6. The van der Waals surface area contributed by atoms with Crippen LogP contribution < -0.4 is 15.4 Å². The summed E-state index contributed by atoms with van der Waals surface area (Å²) in [6.45, 7) is 0.